The fourth-order valence-electron chi connectivity index (χ4n) is 0.641. The van der Waals surface area contributed by atoms with Gasteiger partial charge in [-0.2, -0.15) is 0 Å². The van der Waals surface area contributed by atoms with Crippen molar-refractivity contribution in [2.24, 2.45) is 5.73 Å². The first-order chi connectivity index (χ1) is 5.91. The van der Waals surface area contributed by atoms with Gasteiger partial charge in [0.1, 0.15) is 24.4 Å². The third kappa shape index (κ3) is 3.07. The van der Waals surface area contributed by atoms with Gasteiger partial charge in [0.2, 0.25) is 0 Å². The van der Waals surface area contributed by atoms with E-state index < -0.39 is 30.3 Å². The van der Waals surface area contributed by atoms with Crippen LogP contribution in [0.2, 0.25) is 0 Å². The van der Waals surface area contributed by atoms with Gasteiger partial charge in [0.15, 0.2) is 6.29 Å². The number of carbonyl (C=O) groups is 2. The summed E-state index contributed by atoms with van der Waals surface area (Å²) in [5.74, 6) is -1.54. The highest BCUT2D eigenvalue weighted by Crippen LogP contribution is 2.02. The Hall–Kier alpha value is -1.02. The van der Waals surface area contributed by atoms with E-state index in [1.165, 1.54) is 0 Å². The van der Waals surface area contributed by atoms with Crippen molar-refractivity contribution in [2.75, 3.05) is 0 Å². The molecule has 0 aromatic rings. The van der Waals surface area contributed by atoms with Crippen molar-refractivity contribution in [3.63, 3.8) is 0 Å². The highest BCUT2D eigenvalue weighted by atomic mass is 16.4. The van der Waals surface area contributed by atoms with Gasteiger partial charge in [0.05, 0.1) is 0 Å². The number of nitrogens with two attached hydrogens (primary N) is 1. The maximum Gasteiger partial charge on any atom is 0.323 e. The van der Waals surface area contributed by atoms with Gasteiger partial charge < -0.3 is 31.0 Å². The van der Waals surface area contributed by atoms with Gasteiger partial charge in [-0.25, -0.2) is 0 Å². The molecule has 0 aliphatic carbocycles. The molecule has 7 heteroatoms. The first kappa shape index (κ1) is 12.0. The van der Waals surface area contributed by atoms with Crippen molar-refractivity contribution in [3.05, 3.63) is 0 Å². The zero-order chi connectivity index (χ0) is 10.6. The minimum Gasteiger partial charge on any atom is -0.480 e. The molecule has 0 aliphatic rings. The molecular weight excluding hydrogens is 182 g/mol. The summed E-state index contributed by atoms with van der Waals surface area (Å²) < 4.78 is 0. The van der Waals surface area contributed by atoms with Crippen molar-refractivity contribution in [1.29, 1.82) is 0 Å². The zero-order valence-electron chi connectivity index (χ0n) is 6.57. The molecule has 13 heavy (non-hydrogen) atoms. The Morgan fingerprint density at radius 3 is 2.00 bits per heavy atom. The molecule has 0 saturated heterocycles. The smallest absolute Gasteiger partial charge is 0.323 e. The minimum atomic E-state index is -1.90. The van der Waals surface area contributed by atoms with Gasteiger partial charge in [0.25, 0.3) is 0 Å². The van der Waals surface area contributed by atoms with Crippen LogP contribution >= 0.6 is 0 Å². The second-order valence-electron chi connectivity index (χ2n) is 2.47. The number of hydrogen-bond donors (Lipinski definition) is 5. The predicted octanol–water partition coefficient (Wildman–Crippen LogP) is -3.32. The number of carbonyl (C=O) groups excluding carboxylic acids is 1. The molecular formula is C6H11NO6. The maximum atomic E-state index is 10.2. The number of aliphatic carboxylic acids is 1. The lowest BCUT2D eigenvalue weighted by molar-refractivity contribution is -0.147. The Morgan fingerprint density at radius 2 is 1.69 bits per heavy atom. The first-order valence-corrected chi connectivity index (χ1v) is 3.39. The molecule has 0 aliphatic heterocycles. The van der Waals surface area contributed by atoms with E-state index in [4.69, 9.17) is 26.2 Å². The number of hydrogen-bond acceptors (Lipinski definition) is 6. The molecule has 0 aromatic carbocycles. The van der Waals surface area contributed by atoms with Crippen LogP contribution in [0.5, 0.6) is 0 Å². The van der Waals surface area contributed by atoms with Gasteiger partial charge in [-0.05, 0) is 0 Å². The lowest BCUT2D eigenvalue weighted by atomic mass is 10.0. The molecule has 7 nitrogen and oxygen atoms in total. The molecule has 0 radical (unpaired) electrons. The molecule has 0 saturated carbocycles. The first-order valence-electron chi connectivity index (χ1n) is 3.39. The van der Waals surface area contributed by atoms with Gasteiger partial charge in [-0.3, -0.25) is 4.79 Å². The average Bonchev–Trinajstić information content (AvgIpc) is 2.12. The Bertz CT molecular complexity index is 196. The number of carboxylic acid groups (broad SMARTS) is 1. The van der Waals surface area contributed by atoms with Crippen molar-refractivity contribution in [2.45, 2.75) is 24.4 Å². The predicted molar refractivity (Wildman–Crippen MR) is 39.7 cm³/mol. The zero-order valence-corrected chi connectivity index (χ0v) is 6.57. The monoisotopic (exact) mass is 193 g/mol. The Labute approximate surface area is 73.4 Å². The molecule has 4 atom stereocenters. The summed E-state index contributed by atoms with van der Waals surface area (Å²) in [7, 11) is 0. The van der Waals surface area contributed by atoms with Crippen LogP contribution in [0.15, 0.2) is 0 Å². The quantitative estimate of drug-likeness (QED) is 0.287. The molecule has 0 aromatic heterocycles. The summed E-state index contributed by atoms with van der Waals surface area (Å²) >= 11 is 0. The SMILES string of the molecule is N[C@H](C(=O)O)[C@H](O)[C@H](O)[C@@H](O)C=O. The van der Waals surface area contributed by atoms with Crippen LogP contribution in [0.3, 0.4) is 0 Å². The third-order valence-corrected chi connectivity index (χ3v) is 1.49. The molecule has 0 amide bonds. The molecule has 0 heterocycles. The van der Waals surface area contributed by atoms with Gasteiger partial charge in [-0.15, -0.1) is 0 Å². The molecule has 0 fully saturated rings. The number of aliphatic hydroxyl groups excluding tert-OH is 3. The largest absolute Gasteiger partial charge is 0.480 e. The molecule has 6 N–H and O–H groups in total. The number of rotatable bonds is 5. The van der Waals surface area contributed by atoms with E-state index in [2.05, 4.69) is 0 Å². The van der Waals surface area contributed by atoms with Crippen LogP contribution in [-0.2, 0) is 9.59 Å². The second kappa shape index (κ2) is 4.87. The van der Waals surface area contributed by atoms with Crippen molar-refractivity contribution >= 4 is 12.3 Å². The van der Waals surface area contributed by atoms with E-state index in [1.54, 1.807) is 0 Å². The van der Waals surface area contributed by atoms with Crippen LogP contribution < -0.4 is 5.73 Å². The number of carboxylic acids is 1. The molecule has 0 rings (SSSR count). The number of aliphatic hydroxyl groups is 3. The highest BCUT2D eigenvalue weighted by Gasteiger charge is 2.32. The van der Waals surface area contributed by atoms with Crippen LogP contribution in [0.4, 0.5) is 0 Å². The van der Waals surface area contributed by atoms with Crippen molar-refractivity contribution in [1.82, 2.24) is 0 Å². The summed E-state index contributed by atoms with van der Waals surface area (Å²) in [4.78, 5) is 20.1. The maximum absolute atomic E-state index is 10.2. The van der Waals surface area contributed by atoms with Gasteiger partial charge >= 0.3 is 5.97 Å². The van der Waals surface area contributed by atoms with Crippen LogP contribution in [0.25, 0.3) is 0 Å². The molecule has 0 spiro atoms. The van der Waals surface area contributed by atoms with E-state index in [1.807, 2.05) is 0 Å². The minimum absolute atomic E-state index is 0.0253. The lowest BCUT2D eigenvalue weighted by Gasteiger charge is -2.21. The summed E-state index contributed by atoms with van der Waals surface area (Å²) in [6, 6.07) is -1.75. The van der Waals surface area contributed by atoms with E-state index in [9.17, 15) is 9.59 Å². The highest BCUT2D eigenvalue weighted by molar-refractivity contribution is 5.74. The molecule has 0 bridgehead atoms. The van der Waals surface area contributed by atoms with E-state index >= 15 is 0 Å². The van der Waals surface area contributed by atoms with E-state index in [-0.39, 0.29) is 6.29 Å². The van der Waals surface area contributed by atoms with Crippen LogP contribution in [-0.4, -0.2) is 57.0 Å². The Kier molecular flexibility index (Phi) is 4.49. The fourth-order valence-corrected chi connectivity index (χ4v) is 0.641. The summed E-state index contributed by atoms with van der Waals surface area (Å²) in [6.07, 6.45) is -5.66. The van der Waals surface area contributed by atoms with Crippen molar-refractivity contribution < 1.29 is 30.0 Å². The van der Waals surface area contributed by atoms with Crippen LogP contribution in [0.1, 0.15) is 0 Å². The van der Waals surface area contributed by atoms with Gasteiger partial charge in [0, 0.05) is 0 Å². The fraction of sp³-hybridized carbons (Fsp3) is 0.667. The number of aldehydes is 1. The van der Waals surface area contributed by atoms with E-state index in [0.29, 0.717) is 0 Å². The normalized spacial score (nSPS) is 20.0. The average molecular weight is 193 g/mol. The van der Waals surface area contributed by atoms with E-state index in [0.717, 1.165) is 0 Å². The Balaban J connectivity index is 4.32. The molecule has 0 unspecified atom stereocenters. The summed E-state index contributed by atoms with van der Waals surface area (Å²) in [5.41, 5.74) is 4.92. The van der Waals surface area contributed by atoms with Crippen LogP contribution in [0, 0.1) is 0 Å². The lowest BCUT2D eigenvalue weighted by Crippen LogP contribution is -2.52. The standard InChI is InChI=1S/C6H11NO6/c7-3(6(12)13)5(11)4(10)2(9)1-8/h1-5,9-11H,7H2,(H,12,13)/t2-,3-,4+,5-/m0/s1. The molecule has 76 valence electrons. The third-order valence-electron chi connectivity index (χ3n) is 1.49. The topological polar surface area (TPSA) is 141 Å². The van der Waals surface area contributed by atoms with Crippen molar-refractivity contribution in [3.8, 4) is 0 Å². The summed E-state index contributed by atoms with van der Waals surface area (Å²) in [5, 5.41) is 34.9. The van der Waals surface area contributed by atoms with Gasteiger partial charge in [-0.1, -0.05) is 0 Å². The Morgan fingerprint density at radius 1 is 1.23 bits per heavy atom. The summed E-state index contributed by atoms with van der Waals surface area (Å²) in [6.45, 7) is 0. The second-order valence-corrected chi connectivity index (χ2v) is 2.47.